The topological polar surface area (TPSA) is 110 Å². The predicted octanol–water partition coefficient (Wildman–Crippen LogP) is 3.06. The van der Waals surface area contributed by atoms with Crippen LogP contribution in [0.15, 0.2) is 24.3 Å². The van der Waals surface area contributed by atoms with Gasteiger partial charge in [0.25, 0.3) is 0 Å². The first-order valence-corrected chi connectivity index (χ1v) is 10.9. The zero-order valence-electron chi connectivity index (χ0n) is 18.7. The number of hydrogen-bond donors (Lipinski definition) is 2. The summed E-state index contributed by atoms with van der Waals surface area (Å²) >= 11 is 0. The fraction of sp³-hybridized carbons (Fsp3) is 0.545. The molecule has 1 saturated heterocycles. The Morgan fingerprint density at radius 3 is 2.74 bits per heavy atom. The maximum Gasteiger partial charge on any atom is 0.409 e. The highest BCUT2D eigenvalue weighted by Gasteiger charge is 2.21. The summed E-state index contributed by atoms with van der Waals surface area (Å²) < 4.78 is 5.37. The van der Waals surface area contributed by atoms with Crippen molar-refractivity contribution in [1.29, 1.82) is 0 Å². The molecular formula is C22H33N7O2. The second-order valence-corrected chi connectivity index (χ2v) is 8.16. The molecule has 0 unspecified atom stereocenters. The van der Waals surface area contributed by atoms with Gasteiger partial charge in [-0.05, 0) is 30.4 Å². The smallest absolute Gasteiger partial charge is 0.409 e. The summed E-state index contributed by atoms with van der Waals surface area (Å²) in [6, 6.07) is 8.06. The molecule has 0 aliphatic carbocycles. The van der Waals surface area contributed by atoms with E-state index in [4.69, 9.17) is 10.5 Å². The van der Waals surface area contributed by atoms with E-state index in [-0.39, 0.29) is 12.0 Å². The molecule has 1 fully saturated rings. The first-order chi connectivity index (χ1) is 14.9. The van der Waals surface area contributed by atoms with Crippen LogP contribution in [-0.4, -0.2) is 63.6 Å². The monoisotopic (exact) mass is 427 g/mol. The van der Waals surface area contributed by atoms with Crippen molar-refractivity contribution in [3.8, 4) is 0 Å². The maximum absolute atomic E-state index is 12.3. The molecule has 3 N–H and O–H groups in total. The number of nitrogens with zero attached hydrogens (tertiary/aromatic N) is 5. The third kappa shape index (κ3) is 6.78. The van der Waals surface area contributed by atoms with Crippen LogP contribution in [0.25, 0.3) is 0 Å². The lowest BCUT2D eigenvalue weighted by Crippen LogP contribution is -2.36. The number of aryl methyl sites for hydroxylation is 1. The van der Waals surface area contributed by atoms with Gasteiger partial charge < -0.3 is 20.7 Å². The van der Waals surface area contributed by atoms with Gasteiger partial charge in [0.05, 0.1) is 13.2 Å². The Bertz CT molecular complexity index is 875. The van der Waals surface area contributed by atoms with Crippen LogP contribution < -0.4 is 11.1 Å². The molecule has 1 aliphatic heterocycles. The van der Waals surface area contributed by atoms with E-state index >= 15 is 0 Å². The van der Waals surface area contributed by atoms with Crippen LogP contribution in [0.5, 0.6) is 0 Å². The van der Waals surface area contributed by atoms with Gasteiger partial charge in [-0.3, -0.25) is 4.90 Å². The summed E-state index contributed by atoms with van der Waals surface area (Å²) in [5.74, 6) is 1.57. The summed E-state index contributed by atoms with van der Waals surface area (Å²) in [5.41, 5.74) is 8.09. The van der Waals surface area contributed by atoms with Crippen molar-refractivity contribution < 1.29 is 9.53 Å². The number of carbonyl (C=O) groups excluding carboxylic acids is 1. The number of anilines is 3. The van der Waals surface area contributed by atoms with Crippen LogP contribution >= 0.6 is 0 Å². The summed E-state index contributed by atoms with van der Waals surface area (Å²) in [4.78, 5) is 29.4. The number of nitrogens with two attached hydrogens (primary N) is 1. The number of benzene rings is 1. The third-order valence-electron chi connectivity index (χ3n) is 5.10. The minimum atomic E-state index is -0.235. The molecule has 1 aliphatic rings. The highest BCUT2D eigenvalue weighted by molar-refractivity contribution is 5.67. The fourth-order valence-electron chi connectivity index (χ4n) is 3.48. The number of rotatable bonds is 7. The van der Waals surface area contributed by atoms with Crippen molar-refractivity contribution in [2.75, 3.05) is 43.8 Å². The lowest BCUT2D eigenvalue weighted by atomic mass is 10.1. The molecule has 2 heterocycles. The fourth-order valence-corrected chi connectivity index (χ4v) is 3.48. The summed E-state index contributed by atoms with van der Waals surface area (Å²) in [5, 5.41) is 3.27. The maximum atomic E-state index is 12.3. The molecule has 0 bridgehead atoms. The molecule has 2 aromatic rings. The van der Waals surface area contributed by atoms with Gasteiger partial charge in [0.15, 0.2) is 0 Å². The number of nitrogen functional groups attached to an aromatic ring is 1. The Morgan fingerprint density at radius 1 is 1.16 bits per heavy atom. The minimum absolute atomic E-state index is 0.190. The van der Waals surface area contributed by atoms with Crippen molar-refractivity contribution in [3.05, 3.63) is 35.7 Å². The molecule has 0 radical (unpaired) electrons. The van der Waals surface area contributed by atoms with Crippen LogP contribution in [-0.2, 0) is 17.7 Å². The van der Waals surface area contributed by atoms with Gasteiger partial charge >= 0.3 is 6.09 Å². The van der Waals surface area contributed by atoms with Gasteiger partial charge in [0, 0.05) is 31.9 Å². The molecule has 1 aromatic heterocycles. The van der Waals surface area contributed by atoms with E-state index in [1.807, 2.05) is 32.0 Å². The van der Waals surface area contributed by atoms with Crippen molar-refractivity contribution in [2.45, 2.75) is 40.2 Å². The number of aromatic nitrogens is 3. The van der Waals surface area contributed by atoms with E-state index in [0.717, 1.165) is 31.6 Å². The number of para-hydroxylation sites is 1. The standard InChI is InChI=1S/C22H33N7O2/c1-4-17-8-5-6-9-18(17)24-21-26-19(25-20(23)27-21)14-28-10-7-11-29(13-12-28)22(30)31-15-16(2)3/h5-6,8-9,16H,4,7,10-15H2,1-3H3,(H3,23,24,25,26,27). The molecule has 168 valence electrons. The Labute approximate surface area is 184 Å². The largest absolute Gasteiger partial charge is 0.449 e. The van der Waals surface area contributed by atoms with E-state index < -0.39 is 0 Å². The van der Waals surface area contributed by atoms with Gasteiger partial charge in [0.2, 0.25) is 11.9 Å². The van der Waals surface area contributed by atoms with Crippen LogP contribution in [0.3, 0.4) is 0 Å². The molecule has 31 heavy (non-hydrogen) atoms. The lowest BCUT2D eigenvalue weighted by molar-refractivity contribution is 0.0930. The molecule has 9 nitrogen and oxygen atoms in total. The van der Waals surface area contributed by atoms with Crippen molar-refractivity contribution in [1.82, 2.24) is 24.8 Å². The van der Waals surface area contributed by atoms with Crippen LogP contribution in [0, 0.1) is 5.92 Å². The van der Waals surface area contributed by atoms with E-state index in [0.29, 0.717) is 43.9 Å². The Hall–Kier alpha value is -2.94. The van der Waals surface area contributed by atoms with Crippen molar-refractivity contribution >= 4 is 23.7 Å². The predicted molar refractivity (Wildman–Crippen MR) is 121 cm³/mol. The average molecular weight is 428 g/mol. The molecule has 0 spiro atoms. The number of ether oxygens (including phenoxy) is 1. The first kappa shape index (κ1) is 22.7. The zero-order valence-corrected chi connectivity index (χ0v) is 18.7. The van der Waals surface area contributed by atoms with Crippen molar-refractivity contribution in [3.63, 3.8) is 0 Å². The molecule has 0 atom stereocenters. The van der Waals surface area contributed by atoms with Crippen LogP contribution in [0.4, 0.5) is 22.4 Å². The van der Waals surface area contributed by atoms with Crippen LogP contribution in [0.2, 0.25) is 0 Å². The number of hydrogen-bond acceptors (Lipinski definition) is 8. The average Bonchev–Trinajstić information content (AvgIpc) is 2.97. The highest BCUT2D eigenvalue weighted by Crippen LogP contribution is 2.19. The summed E-state index contributed by atoms with van der Waals surface area (Å²) in [6.45, 7) is 10.0. The molecule has 9 heteroatoms. The van der Waals surface area contributed by atoms with Gasteiger partial charge in [-0.25, -0.2) is 4.79 Å². The van der Waals surface area contributed by atoms with Gasteiger partial charge in [-0.2, -0.15) is 15.0 Å². The number of nitrogens with one attached hydrogen (secondary N) is 1. The van der Waals surface area contributed by atoms with Gasteiger partial charge in [-0.15, -0.1) is 0 Å². The van der Waals surface area contributed by atoms with Crippen LogP contribution in [0.1, 0.15) is 38.6 Å². The lowest BCUT2D eigenvalue weighted by Gasteiger charge is -2.21. The summed E-state index contributed by atoms with van der Waals surface area (Å²) in [7, 11) is 0. The Morgan fingerprint density at radius 2 is 1.97 bits per heavy atom. The van der Waals surface area contributed by atoms with E-state index in [1.54, 1.807) is 4.90 Å². The summed E-state index contributed by atoms with van der Waals surface area (Å²) in [6.07, 6.45) is 1.54. The Kier molecular flexibility index (Phi) is 8.00. The molecule has 0 saturated carbocycles. The molecule has 1 aromatic carbocycles. The van der Waals surface area contributed by atoms with E-state index in [2.05, 4.69) is 38.2 Å². The molecule has 3 rings (SSSR count). The SMILES string of the molecule is CCc1ccccc1Nc1nc(N)nc(CN2CCCN(C(=O)OCC(C)C)CC2)n1. The quantitative estimate of drug-likeness (QED) is 0.694. The Balaban J connectivity index is 1.61. The zero-order chi connectivity index (χ0) is 22.2. The first-order valence-electron chi connectivity index (χ1n) is 10.9. The second-order valence-electron chi connectivity index (χ2n) is 8.16. The number of carbonyl (C=O) groups is 1. The minimum Gasteiger partial charge on any atom is -0.449 e. The van der Waals surface area contributed by atoms with E-state index in [9.17, 15) is 4.79 Å². The molecule has 1 amide bonds. The normalized spacial score (nSPS) is 15.0. The van der Waals surface area contributed by atoms with Crippen molar-refractivity contribution in [2.24, 2.45) is 5.92 Å². The van der Waals surface area contributed by atoms with Gasteiger partial charge in [-0.1, -0.05) is 39.0 Å². The second kappa shape index (κ2) is 10.9. The molecular weight excluding hydrogens is 394 g/mol. The third-order valence-corrected chi connectivity index (χ3v) is 5.10. The van der Waals surface area contributed by atoms with Gasteiger partial charge in [0.1, 0.15) is 5.82 Å². The highest BCUT2D eigenvalue weighted by atomic mass is 16.6. The van der Waals surface area contributed by atoms with E-state index in [1.165, 1.54) is 5.56 Å². The number of amides is 1.